The molecule has 0 aliphatic carbocycles. The molecule has 3 nitrogen and oxygen atoms in total. The summed E-state index contributed by atoms with van der Waals surface area (Å²) in [7, 11) is 2.37. The molecule has 52 valence electrons. The lowest BCUT2D eigenvalue weighted by Crippen LogP contribution is -2.17. The van der Waals surface area contributed by atoms with Crippen molar-refractivity contribution in [2.75, 3.05) is 20.8 Å². The van der Waals surface area contributed by atoms with E-state index in [0.29, 0.717) is 0 Å². The van der Waals surface area contributed by atoms with Crippen LogP contribution in [0, 0.1) is 0 Å². The highest BCUT2D eigenvalue weighted by Crippen LogP contribution is 2.15. The molecule has 0 aromatic carbocycles. The molecule has 0 aliphatic heterocycles. The number of hydrogen-bond donors (Lipinski definition) is 0. The molecule has 0 spiro atoms. The number of amidine groups is 1. The minimum atomic E-state index is -1.38. The second kappa shape index (κ2) is 3.57. The monoisotopic (exact) mass is 147 g/mol. The third-order valence-corrected chi connectivity index (χ3v) is 1.50. The molecule has 0 heterocycles. The molecule has 0 fully saturated rings. The topological polar surface area (TPSA) is 32.7 Å². The third kappa shape index (κ3) is 4.10. The number of hydrogen-bond acceptors (Lipinski definition) is 1. The highest BCUT2D eigenvalue weighted by Gasteiger charge is 2.03. The second-order valence-corrected chi connectivity index (χ2v) is 3.13. The lowest BCUT2D eigenvalue weighted by molar-refractivity contribution is 0.588. The van der Waals surface area contributed by atoms with Crippen LogP contribution in [0.3, 0.4) is 0 Å². The van der Waals surface area contributed by atoms with E-state index in [0.717, 1.165) is 5.84 Å². The van der Waals surface area contributed by atoms with Crippen LogP contribution in [0.1, 0.15) is 6.92 Å². The molecule has 0 amide bonds. The van der Waals surface area contributed by atoms with E-state index in [9.17, 15) is 4.57 Å². The van der Waals surface area contributed by atoms with Gasteiger partial charge in [-0.25, -0.2) is 0 Å². The summed E-state index contributed by atoms with van der Waals surface area (Å²) in [6, 6.07) is 0. The van der Waals surface area contributed by atoms with E-state index in [1.54, 1.807) is 6.66 Å². The molecule has 0 N–H and O–H groups in total. The Morgan fingerprint density at radius 3 is 2.11 bits per heavy atom. The quantitative estimate of drug-likeness (QED) is 0.318. The summed E-state index contributed by atoms with van der Waals surface area (Å²) in [6.45, 7) is 3.42. The summed E-state index contributed by atoms with van der Waals surface area (Å²) in [5, 5.41) is 0. The fourth-order valence-corrected chi connectivity index (χ4v) is 0.880. The van der Waals surface area contributed by atoms with Crippen LogP contribution in [0.5, 0.6) is 0 Å². The SMILES string of the molecule is CC(=N[P+](C)=O)N(C)C. The van der Waals surface area contributed by atoms with Crippen molar-refractivity contribution in [1.29, 1.82) is 0 Å². The van der Waals surface area contributed by atoms with E-state index in [2.05, 4.69) is 4.76 Å². The summed E-state index contributed by atoms with van der Waals surface area (Å²) in [5.41, 5.74) is 0. The van der Waals surface area contributed by atoms with Gasteiger partial charge in [0.2, 0.25) is 0 Å². The largest absolute Gasteiger partial charge is 0.483 e. The maximum Gasteiger partial charge on any atom is 0.483 e. The van der Waals surface area contributed by atoms with E-state index < -0.39 is 7.95 Å². The summed E-state index contributed by atoms with van der Waals surface area (Å²) < 4.78 is 14.3. The van der Waals surface area contributed by atoms with Crippen molar-refractivity contribution in [2.24, 2.45) is 4.76 Å². The van der Waals surface area contributed by atoms with Crippen LogP contribution in [0.15, 0.2) is 4.76 Å². The van der Waals surface area contributed by atoms with Gasteiger partial charge in [0.15, 0.2) is 12.5 Å². The van der Waals surface area contributed by atoms with Gasteiger partial charge in [-0.3, -0.25) is 0 Å². The van der Waals surface area contributed by atoms with Crippen molar-refractivity contribution < 1.29 is 4.57 Å². The van der Waals surface area contributed by atoms with Gasteiger partial charge >= 0.3 is 7.95 Å². The van der Waals surface area contributed by atoms with Gasteiger partial charge in [-0.05, 0) is 16.3 Å². The lowest BCUT2D eigenvalue weighted by Gasteiger charge is -2.05. The zero-order valence-electron chi connectivity index (χ0n) is 6.25. The van der Waals surface area contributed by atoms with Gasteiger partial charge in [0, 0.05) is 14.1 Å². The molecule has 4 heteroatoms. The van der Waals surface area contributed by atoms with Gasteiger partial charge in [0.05, 0.1) is 0 Å². The zero-order valence-corrected chi connectivity index (χ0v) is 7.14. The van der Waals surface area contributed by atoms with Gasteiger partial charge in [0.25, 0.3) is 0 Å². The highest BCUT2D eigenvalue weighted by molar-refractivity contribution is 7.42. The molecule has 0 bridgehead atoms. The van der Waals surface area contributed by atoms with Crippen molar-refractivity contribution >= 4 is 13.8 Å². The van der Waals surface area contributed by atoms with Gasteiger partial charge in [-0.1, -0.05) is 0 Å². The number of rotatable bonds is 1. The molecule has 0 saturated carbocycles. The molecule has 0 saturated heterocycles. The Hall–Kier alpha value is -0.430. The summed E-state index contributed by atoms with van der Waals surface area (Å²) >= 11 is 0. The second-order valence-electron chi connectivity index (χ2n) is 2.01. The minimum absolute atomic E-state index is 0.804. The van der Waals surface area contributed by atoms with Crippen molar-refractivity contribution in [3.05, 3.63) is 0 Å². The van der Waals surface area contributed by atoms with E-state index in [1.165, 1.54) is 0 Å². The van der Waals surface area contributed by atoms with Crippen molar-refractivity contribution in [3.63, 3.8) is 0 Å². The maximum atomic E-state index is 10.5. The van der Waals surface area contributed by atoms with Crippen molar-refractivity contribution in [3.8, 4) is 0 Å². The predicted molar refractivity (Wildman–Crippen MR) is 40.3 cm³/mol. The molecular weight excluding hydrogens is 135 g/mol. The van der Waals surface area contributed by atoms with Gasteiger partial charge in [-0.2, -0.15) is 0 Å². The van der Waals surface area contributed by atoms with Crippen LogP contribution in [0.2, 0.25) is 0 Å². The first kappa shape index (κ1) is 8.57. The minimum Gasteiger partial charge on any atom is -0.363 e. The average Bonchev–Trinajstić information content (AvgIpc) is 1.63. The summed E-state index contributed by atoms with van der Waals surface area (Å²) in [4.78, 5) is 1.83. The molecular formula is C5H12N2OP+. The van der Waals surface area contributed by atoms with Crippen molar-refractivity contribution in [2.45, 2.75) is 6.92 Å². The molecule has 0 aliphatic rings. The molecule has 0 aromatic heterocycles. The van der Waals surface area contributed by atoms with E-state index in [-0.39, 0.29) is 0 Å². The van der Waals surface area contributed by atoms with E-state index >= 15 is 0 Å². The highest BCUT2D eigenvalue weighted by atomic mass is 31.1. The summed E-state index contributed by atoms with van der Waals surface area (Å²) in [6.07, 6.45) is 0. The van der Waals surface area contributed by atoms with E-state index in [1.807, 2.05) is 25.9 Å². The lowest BCUT2D eigenvalue weighted by atomic mass is 10.6. The molecule has 0 radical (unpaired) electrons. The Labute approximate surface area is 56.6 Å². The third-order valence-electron chi connectivity index (χ3n) is 0.933. The first-order valence-corrected chi connectivity index (χ1v) is 4.33. The van der Waals surface area contributed by atoms with Crippen LogP contribution >= 0.6 is 7.95 Å². The molecule has 1 unspecified atom stereocenters. The molecule has 1 atom stereocenters. The van der Waals surface area contributed by atoms with Crippen LogP contribution in [-0.4, -0.2) is 31.5 Å². The Morgan fingerprint density at radius 1 is 1.56 bits per heavy atom. The smallest absolute Gasteiger partial charge is 0.363 e. The van der Waals surface area contributed by atoms with Crippen LogP contribution in [-0.2, 0) is 4.57 Å². The van der Waals surface area contributed by atoms with Gasteiger partial charge in [0.1, 0.15) is 0 Å². The Morgan fingerprint density at radius 2 is 2.00 bits per heavy atom. The van der Waals surface area contributed by atoms with Gasteiger partial charge in [-0.15, -0.1) is 0 Å². The fraction of sp³-hybridized carbons (Fsp3) is 0.800. The number of nitrogens with zero attached hydrogens (tertiary/aromatic N) is 2. The molecule has 0 rings (SSSR count). The Bertz CT molecular complexity index is 142. The zero-order chi connectivity index (χ0) is 7.44. The van der Waals surface area contributed by atoms with Crippen LogP contribution in [0.25, 0.3) is 0 Å². The summed E-state index contributed by atoms with van der Waals surface area (Å²) in [5.74, 6) is 0.804. The Balaban J connectivity index is 4.00. The first-order chi connectivity index (χ1) is 4.04. The maximum absolute atomic E-state index is 10.5. The standard InChI is InChI=1S/C5H12N2OP/c1-5(7(2)3)6-9(4)8/h1-4H3/q+1. The fourth-order valence-electron chi connectivity index (χ4n) is 0.293. The Kier molecular flexibility index (Phi) is 3.40. The van der Waals surface area contributed by atoms with Crippen LogP contribution in [0.4, 0.5) is 0 Å². The molecule has 0 aromatic rings. The van der Waals surface area contributed by atoms with Gasteiger partial charge < -0.3 is 4.90 Å². The van der Waals surface area contributed by atoms with E-state index in [4.69, 9.17) is 0 Å². The average molecular weight is 147 g/mol. The molecule has 9 heavy (non-hydrogen) atoms. The normalized spacial score (nSPS) is 13.3. The first-order valence-electron chi connectivity index (χ1n) is 2.67. The van der Waals surface area contributed by atoms with Crippen molar-refractivity contribution in [1.82, 2.24) is 4.90 Å². The van der Waals surface area contributed by atoms with Crippen LogP contribution < -0.4 is 0 Å². The predicted octanol–water partition coefficient (Wildman–Crippen LogP) is 1.34.